The minimum atomic E-state index is 0. The Balaban J connectivity index is 0.000000258. The molecule has 0 atom stereocenters. The molecule has 0 saturated heterocycles. The van der Waals surface area contributed by atoms with E-state index in [2.05, 4.69) is 101 Å². The van der Waals surface area contributed by atoms with E-state index in [0.29, 0.717) is 0 Å². The van der Waals surface area contributed by atoms with Crippen molar-refractivity contribution in [3.05, 3.63) is 146 Å². The van der Waals surface area contributed by atoms with E-state index in [1.165, 1.54) is 41.6 Å². The molecule has 0 N–H and O–H groups in total. The van der Waals surface area contributed by atoms with Gasteiger partial charge in [-0.25, -0.2) is 0 Å². The fourth-order valence-electron chi connectivity index (χ4n) is 4.56. The molecule has 4 nitrogen and oxygen atoms in total. The van der Waals surface area contributed by atoms with Gasteiger partial charge in [0.1, 0.15) is 0 Å². The average molecular weight is 701 g/mol. The maximum Gasteiger partial charge on any atom is 0.0603 e. The molecule has 0 saturated carbocycles. The molecule has 0 bridgehead atoms. The molecule has 1 radical (unpaired) electrons. The van der Waals surface area contributed by atoms with Crippen molar-refractivity contribution in [2.24, 2.45) is 0 Å². The van der Waals surface area contributed by atoms with E-state index in [1.807, 2.05) is 54.9 Å². The zero-order valence-corrected chi connectivity index (χ0v) is 25.0. The molecule has 0 amide bonds. The third-order valence-corrected chi connectivity index (χ3v) is 6.54. The Bertz CT molecular complexity index is 1560. The Kier molecular flexibility index (Phi) is 10.8. The monoisotopic (exact) mass is 701 g/mol. The first kappa shape index (κ1) is 28.9. The maximum absolute atomic E-state index is 4.67. The number of aromatic nitrogens is 4. The molecule has 4 aromatic carbocycles. The fourth-order valence-corrected chi connectivity index (χ4v) is 4.56. The number of nitrogens with zero attached hydrogens (tertiary/aromatic N) is 4. The fraction of sp³-hybridized carbons (Fsp3) is 0.143. The summed E-state index contributed by atoms with van der Waals surface area (Å²) in [4.78, 5) is 4.67. The van der Waals surface area contributed by atoms with E-state index in [9.17, 15) is 0 Å². The van der Waals surface area contributed by atoms with Gasteiger partial charge in [-0.1, -0.05) is 68.3 Å². The Morgan fingerprint density at radius 3 is 2.33 bits per heavy atom. The van der Waals surface area contributed by atoms with Crippen LogP contribution in [-0.2, 0) is 26.5 Å². The number of imidazole rings is 1. The van der Waals surface area contributed by atoms with Crippen molar-refractivity contribution in [2.75, 3.05) is 0 Å². The second kappa shape index (κ2) is 14.9. The quantitative estimate of drug-likeness (QED) is 0.118. The molecule has 5 heteroatoms. The van der Waals surface area contributed by atoms with E-state index in [4.69, 9.17) is 0 Å². The normalized spacial score (nSPS) is 10.3. The summed E-state index contributed by atoms with van der Waals surface area (Å²) in [5.74, 6) is 0.931. The topological polar surface area (TPSA) is 35.6 Å². The molecule has 40 heavy (non-hydrogen) atoms. The van der Waals surface area contributed by atoms with Crippen LogP contribution in [0.3, 0.4) is 0 Å². The predicted octanol–water partition coefficient (Wildman–Crippen LogP) is 8.41. The van der Waals surface area contributed by atoms with Gasteiger partial charge in [0.2, 0.25) is 0 Å². The second-order valence-electron chi connectivity index (χ2n) is 9.26. The summed E-state index contributed by atoms with van der Waals surface area (Å²) in [5, 5.41) is 4.07. The molecular weight excluding hydrogens is 669 g/mol. The molecule has 6 aromatic rings. The Morgan fingerprint density at radius 1 is 0.725 bits per heavy atom. The van der Waals surface area contributed by atoms with Crippen molar-refractivity contribution in [1.82, 2.24) is 19.3 Å². The van der Waals surface area contributed by atoms with Crippen LogP contribution in [0.1, 0.15) is 31.7 Å². The van der Waals surface area contributed by atoms with E-state index >= 15 is 0 Å². The summed E-state index contributed by atoms with van der Waals surface area (Å²) in [6, 6.07) is 41.5. The zero-order valence-electron chi connectivity index (χ0n) is 22.6. The molecular formula is C35H32IrN4-2. The predicted molar refractivity (Wildman–Crippen MR) is 159 cm³/mol. The number of aryl methyl sites for hydroxylation is 1. The number of hydrogen-bond donors (Lipinski definition) is 0. The molecule has 0 aliphatic carbocycles. The molecule has 0 aliphatic heterocycles. The van der Waals surface area contributed by atoms with Crippen LogP contribution in [0, 0.1) is 12.1 Å². The van der Waals surface area contributed by atoms with Crippen LogP contribution in [0.25, 0.3) is 33.9 Å². The van der Waals surface area contributed by atoms with Gasteiger partial charge in [0.05, 0.1) is 5.82 Å². The van der Waals surface area contributed by atoms with Crippen LogP contribution in [-0.4, -0.2) is 19.3 Å². The summed E-state index contributed by atoms with van der Waals surface area (Å²) in [6.07, 6.45) is 12.4. The van der Waals surface area contributed by atoms with Gasteiger partial charge in [-0.2, -0.15) is 29.4 Å². The van der Waals surface area contributed by atoms with Crippen molar-refractivity contribution in [1.29, 1.82) is 0 Å². The second-order valence-corrected chi connectivity index (χ2v) is 9.26. The molecule has 0 unspecified atom stereocenters. The van der Waals surface area contributed by atoms with E-state index < -0.39 is 0 Å². The average Bonchev–Trinajstić information content (AvgIpc) is 3.72. The van der Waals surface area contributed by atoms with Crippen molar-refractivity contribution >= 4 is 0 Å². The number of hydrogen-bond acceptors (Lipinski definition) is 2. The summed E-state index contributed by atoms with van der Waals surface area (Å²) >= 11 is 0. The Morgan fingerprint density at radius 2 is 1.55 bits per heavy atom. The summed E-state index contributed by atoms with van der Waals surface area (Å²) in [7, 11) is 0. The van der Waals surface area contributed by atoms with Crippen molar-refractivity contribution in [3.8, 4) is 33.9 Å². The molecule has 2 aromatic heterocycles. The number of unbranched alkanes of at least 4 members (excludes halogenated alkanes) is 2. The third-order valence-electron chi connectivity index (χ3n) is 6.54. The first-order chi connectivity index (χ1) is 19.3. The molecule has 0 aliphatic rings. The number of para-hydroxylation sites is 2. The van der Waals surface area contributed by atoms with Crippen LogP contribution < -0.4 is 0 Å². The molecule has 0 fully saturated rings. The van der Waals surface area contributed by atoms with Crippen LogP contribution in [0.15, 0.2) is 128 Å². The van der Waals surface area contributed by atoms with Gasteiger partial charge < -0.3 is 4.57 Å². The zero-order chi connectivity index (χ0) is 26.7. The minimum absolute atomic E-state index is 0. The van der Waals surface area contributed by atoms with Crippen LogP contribution in [0.2, 0.25) is 0 Å². The van der Waals surface area contributed by atoms with Crippen molar-refractivity contribution in [3.63, 3.8) is 0 Å². The van der Waals surface area contributed by atoms with Gasteiger partial charge in [0.15, 0.2) is 0 Å². The first-order valence-electron chi connectivity index (χ1n) is 13.5. The molecule has 203 valence electrons. The SMILES string of the molecule is CCCCCc1ccccc1-n1ccnc1-c1[c-]ccc(-c2ccccc2)c1.[Ir].[c-]1ccccc1-n1cccn1. The van der Waals surface area contributed by atoms with Gasteiger partial charge in [0, 0.05) is 50.6 Å². The largest absolute Gasteiger partial charge is 0.340 e. The minimum Gasteiger partial charge on any atom is -0.340 e. The third kappa shape index (κ3) is 7.32. The van der Waals surface area contributed by atoms with Crippen LogP contribution in [0.4, 0.5) is 0 Å². The van der Waals surface area contributed by atoms with Gasteiger partial charge in [-0.3, -0.25) is 9.67 Å². The van der Waals surface area contributed by atoms with Gasteiger partial charge in [-0.05, 0) is 41.8 Å². The van der Waals surface area contributed by atoms with Crippen LogP contribution in [0.5, 0.6) is 0 Å². The van der Waals surface area contributed by atoms with E-state index in [1.54, 1.807) is 10.9 Å². The number of benzene rings is 4. The van der Waals surface area contributed by atoms with E-state index in [-0.39, 0.29) is 20.1 Å². The first-order valence-corrected chi connectivity index (χ1v) is 13.5. The van der Waals surface area contributed by atoms with Crippen molar-refractivity contribution < 1.29 is 20.1 Å². The molecule has 0 spiro atoms. The van der Waals surface area contributed by atoms with Crippen LogP contribution >= 0.6 is 0 Å². The Hall–Kier alpha value is -4.05. The molecule has 2 heterocycles. The smallest absolute Gasteiger partial charge is 0.0603 e. The molecule has 6 rings (SSSR count). The summed E-state index contributed by atoms with van der Waals surface area (Å²) in [6.45, 7) is 2.25. The van der Waals surface area contributed by atoms with E-state index in [0.717, 1.165) is 23.5 Å². The van der Waals surface area contributed by atoms with Gasteiger partial charge >= 0.3 is 0 Å². The standard InChI is InChI=1S/C26H25N2.C9H7N2.Ir/c1-2-3-5-13-22-14-8-9-17-25(22)28-19-18-27-26(28)24-16-10-15-23(20-24)21-11-6-4-7-12-21;1-2-5-9(6-3-1)11-8-4-7-10-11;/h4,6-12,14-15,17-20H,2-3,5,13H2,1H3;1-5,7-8H;/q2*-1;. The Labute approximate surface area is 250 Å². The summed E-state index contributed by atoms with van der Waals surface area (Å²) in [5.41, 5.74) is 6.95. The maximum atomic E-state index is 4.67. The summed E-state index contributed by atoms with van der Waals surface area (Å²) < 4.78 is 3.97. The van der Waals surface area contributed by atoms with Gasteiger partial charge in [0.25, 0.3) is 0 Å². The van der Waals surface area contributed by atoms with Gasteiger partial charge in [-0.15, -0.1) is 41.5 Å². The van der Waals surface area contributed by atoms with Crippen molar-refractivity contribution in [2.45, 2.75) is 32.6 Å². The number of rotatable bonds is 8.